The first-order valence-electron chi connectivity index (χ1n) is 9.01. The molecule has 30 heavy (non-hydrogen) atoms. The van der Waals surface area contributed by atoms with E-state index in [4.69, 9.17) is 14.2 Å². The van der Waals surface area contributed by atoms with Gasteiger partial charge in [-0.25, -0.2) is 9.79 Å². The molecule has 9 nitrogen and oxygen atoms in total. The summed E-state index contributed by atoms with van der Waals surface area (Å²) in [5.74, 6) is -0.586. The van der Waals surface area contributed by atoms with Gasteiger partial charge in [-0.3, -0.25) is 14.9 Å². The number of esters is 2. The van der Waals surface area contributed by atoms with Gasteiger partial charge in [-0.2, -0.15) is 0 Å². The first-order valence-corrected chi connectivity index (χ1v) is 9.01. The summed E-state index contributed by atoms with van der Waals surface area (Å²) in [5.41, 5.74) is 1.31. The third-order valence-electron chi connectivity index (χ3n) is 4.10. The maximum absolute atomic E-state index is 12.2. The average Bonchev–Trinajstić information content (AvgIpc) is 3.04. The predicted octanol–water partition coefficient (Wildman–Crippen LogP) is 3.57. The lowest BCUT2D eigenvalue weighted by atomic mass is 10.1. The van der Waals surface area contributed by atoms with E-state index >= 15 is 0 Å². The summed E-state index contributed by atoms with van der Waals surface area (Å²) in [7, 11) is 0. The van der Waals surface area contributed by atoms with Crippen molar-refractivity contribution >= 4 is 29.6 Å². The Morgan fingerprint density at radius 2 is 2.00 bits per heavy atom. The van der Waals surface area contributed by atoms with Crippen LogP contribution in [0.3, 0.4) is 0 Å². The number of ether oxygens (including phenoxy) is 3. The van der Waals surface area contributed by atoms with E-state index in [9.17, 15) is 19.7 Å². The van der Waals surface area contributed by atoms with E-state index in [0.717, 1.165) is 0 Å². The maximum Gasteiger partial charge on any atom is 0.363 e. The molecule has 154 valence electrons. The van der Waals surface area contributed by atoms with Crippen molar-refractivity contribution in [3.8, 4) is 11.5 Å². The number of nitrogens with zero attached hydrogens (tertiary/aromatic N) is 2. The van der Waals surface area contributed by atoms with Gasteiger partial charge in [0.25, 0.3) is 5.69 Å². The zero-order chi connectivity index (χ0) is 21.8. The van der Waals surface area contributed by atoms with Crippen LogP contribution in [0.1, 0.15) is 30.5 Å². The molecule has 9 heteroatoms. The molecule has 0 saturated carbocycles. The number of hydrogen-bond acceptors (Lipinski definition) is 8. The number of nitro groups is 1. The molecule has 0 unspecified atom stereocenters. The summed E-state index contributed by atoms with van der Waals surface area (Å²) < 4.78 is 15.8. The fraction of sp³-hybridized carbons (Fsp3) is 0.190. The van der Waals surface area contributed by atoms with E-state index < -0.39 is 16.9 Å². The summed E-state index contributed by atoms with van der Waals surface area (Å²) >= 11 is 0. The number of aliphatic imine (C=N–C) groups is 1. The summed E-state index contributed by atoms with van der Waals surface area (Å²) in [6.45, 7) is 5.04. The summed E-state index contributed by atoms with van der Waals surface area (Å²) in [4.78, 5) is 38.3. The first kappa shape index (κ1) is 20.7. The van der Waals surface area contributed by atoms with Crippen LogP contribution in [0, 0.1) is 17.0 Å². The standard InChI is InChI=1S/C21H18N2O7/c1-4-28-19-10-14(6-8-18(19)29-13(3)24)9-16-21(25)30-20(22-16)15-7-5-12(2)17(11-15)23(26)27/h5-11H,4H2,1-3H3/b16-9+. The lowest BCUT2D eigenvalue weighted by molar-refractivity contribution is -0.385. The summed E-state index contributed by atoms with van der Waals surface area (Å²) in [6, 6.07) is 9.25. The molecule has 1 aliphatic heterocycles. The number of hydrogen-bond donors (Lipinski definition) is 0. The topological polar surface area (TPSA) is 117 Å². The highest BCUT2D eigenvalue weighted by Crippen LogP contribution is 2.30. The van der Waals surface area contributed by atoms with Crippen molar-refractivity contribution in [1.82, 2.24) is 0 Å². The van der Waals surface area contributed by atoms with Gasteiger partial charge < -0.3 is 14.2 Å². The summed E-state index contributed by atoms with van der Waals surface area (Å²) in [6.07, 6.45) is 1.48. The minimum absolute atomic E-state index is 0.0177. The average molecular weight is 410 g/mol. The zero-order valence-electron chi connectivity index (χ0n) is 16.5. The number of aryl methyl sites for hydroxylation is 1. The van der Waals surface area contributed by atoms with Gasteiger partial charge >= 0.3 is 11.9 Å². The lowest BCUT2D eigenvalue weighted by Crippen LogP contribution is -2.06. The van der Waals surface area contributed by atoms with Crippen LogP contribution in [0.25, 0.3) is 6.08 Å². The Morgan fingerprint density at radius 3 is 2.67 bits per heavy atom. The molecule has 0 saturated heterocycles. The third-order valence-corrected chi connectivity index (χ3v) is 4.10. The Labute approximate surface area is 171 Å². The molecule has 0 atom stereocenters. The highest BCUT2D eigenvalue weighted by atomic mass is 16.6. The second-order valence-corrected chi connectivity index (χ2v) is 6.33. The van der Waals surface area contributed by atoms with Gasteiger partial charge in [0.1, 0.15) is 0 Å². The highest BCUT2D eigenvalue weighted by Gasteiger charge is 2.26. The van der Waals surface area contributed by atoms with Crippen LogP contribution in [-0.2, 0) is 14.3 Å². The highest BCUT2D eigenvalue weighted by molar-refractivity contribution is 6.13. The largest absolute Gasteiger partial charge is 0.490 e. The van der Waals surface area contributed by atoms with Crippen molar-refractivity contribution in [2.75, 3.05) is 6.61 Å². The van der Waals surface area contributed by atoms with E-state index in [2.05, 4.69) is 4.99 Å². The van der Waals surface area contributed by atoms with Crippen molar-refractivity contribution < 1.29 is 28.7 Å². The van der Waals surface area contributed by atoms with Gasteiger partial charge in [-0.1, -0.05) is 12.1 Å². The molecule has 0 amide bonds. The number of cyclic esters (lactones) is 1. The monoisotopic (exact) mass is 410 g/mol. The number of carbonyl (C=O) groups excluding carboxylic acids is 2. The second-order valence-electron chi connectivity index (χ2n) is 6.33. The molecule has 0 radical (unpaired) electrons. The van der Waals surface area contributed by atoms with Crippen molar-refractivity contribution in [2.45, 2.75) is 20.8 Å². The van der Waals surface area contributed by atoms with Crippen LogP contribution < -0.4 is 9.47 Å². The molecule has 0 aliphatic carbocycles. The molecule has 0 spiro atoms. The Kier molecular flexibility index (Phi) is 5.91. The molecule has 1 aliphatic rings. The zero-order valence-corrected chi connectivity index (χ0v) is 16.5. The van der Waals surface area contributed by atoms with Gasteiger partial charge in [-0.05, 0) is 43.7 Å². The second kappa shape index (κ2) is 8.56. The fourth-order valence-electron chi connectivity index (χ4n) is 2.75. The van der Waals surface area contributed by atoms with Crippen LogP contribution in [-0.4, -0.2) is 29.4 Å². The SMILES string of the molecule is CCOc1cc(/C=C2/N=C(c3ccc(C)c([N+](=O)[O-])c3)OC2=O)ccc1OC(C)=O. The van der Waals surface area contributed by atoms with Crippen molar-refractivity contribution in [3.05, 3.63) is 68.9 Å². The Hall–Kier alpha value is -4.01. The normalized spacial score (nSPS) is 14.3. The molecule has 0 fully saturated rings. The van der Waals surface area contributed by atoms with Gasteiger partial charge in [-0.15, -0.1) is 0 Å². The van der Waals surface area contributed by atoms with Crippen LogP contribution in [0.15, 0.2) is 47.1 Å². The molecule has 3 rings (SSSR count). The molecule has 2 aromatic rings. The Bertz CT molecular complexity index is 1100. The lowest BCUT2D eigenvalue weighted by Gasteiger charge is -2.10. The van der Waals surface area contributed by atoms with Crippen molar-refractivity contribution in [3.63, 3.8) is 0 Å². The number of carbonyl (C=O) groups is 2. The Balaban J connectivity index is 1.94. The van der Waals surface area contributed by atoms with E-state index in [0.29, 0.717) is 29.0 Å². The molecular formula is C21H18N2O7. The van der Waals surface area contributed by atoms with E-state index in [1.807, 2.05) is 0 Å². The minimum atomic E-state index is -0.685. The molecule has 1 heterocycles. The maximum atomic E-state index is 12.2. The van der Waals surface area contributed by atoms with Crippen molar-refractivity contribution in [1.29, 1.82) is 0 Å². The molecule has 2 aromatic carbocycles. The van der Waals surface area contributed by atoms with E-state index in [1.54, 1.807) is 44.2 Å². The Morgan fingerprint density at radius 1 is 1.23 bits per heavy atom. The predicted molar refractivity (Wildman–Crippen MR) is 107 cm³/mol. The number of nitro benzene ring substituents is 1. The molecule has 0 bridgehead atoms. The smallest absolute Gasteiger partial charge is 0.363 e. The van der Waals surface area contributed by atoms with Gasteiger partial charge in [0.2, 0.25) is 5.90 Å². The minimum Gasteiger partial charge on any atom is -0.490 e. The number of rotatable bonds is 6. The van der Waals surface area contributed by atoms with E-state index in [1.165, 1.54) is 19.1 Å². The van der Waals surface area contributed by atoms with Gasteiger partial charge in [0, 0.05) is 24.1 Å². The van der Waals surface area contributed by atoms with E-state index in [-0.39, 0.29) is 23.0 Å². The van der Waals surface area contributed by atoms with Gasteiger partial charge in [0.15, 0.2) is 17.2 Å². The molecule has 0 aromatic heterocycles. The van der Waals surface area contributed by atoms with Gasteiger partial charge in [0.05, 0.1) is 11.5 Å². The van der Waals surface area contributed by atoms with Crippen LogP contribution in [0.4, 0.5) is 5.69 Å². The van der Waals surface area contributed by atoms with Crippen LogP contribution in [0.5, 0.6) is 11.5 Å². The summed E-state index contributed by atoms with van der Waals surface area (Å²) in [5, 5.41) is 11.1. The van der Waals surface area contributed by atoms with Crippen molar-refractivity contribution in [2.24, 2.45) is 4.99 Å². The quantitative estimate of drug-likeness (QED) is 0.235. The number of benzene rings is 2. The molecule has 0 N–H and O–H groups in total. The van der Waals surface area contributed by atoms with Crippen LogP contribution in [0.2, 0.25) is 0 Å². The first-order chi connectivity index (χ1) is 14.3. The van der Waals surface area contributed by atoms with Crippen LogP contribution >= 0.6 is 0 Å². The fourth-order valence-corrected chi connectivity index (χ4v) is 2.75. The third kappa shape index (κ3) is 4.52. The molecular weight excluding hydrogens is 392 g/mol.